The van der Waals surface area contributed by atoms with Gasteiger partial charge in [0.05, 0.1) is 5.69 Å². The quantitative estimate of drug-likeness (QED) is 0.859. The molecule has 0 amide bonds. The maximum absolute atomic E-state index is 12.7. The zero-order valence-corrected chi connectivity index (χ0v) is 13.9. The van der Waals surface area contributed by atoms with E-state index in [1.54, 1.807) is 25.2 Å². The third kappa shape index (κ3) is 3.39. The number of anilines is 1. The molecule has 1 saturated heterocycles. The number of nitrogens with zero attached hydrogens (tertiary/aromatic N) is 2. The largest absolute Gasteiger partial charge is 0.398 e. The lowest BCUT2D eigenvalue weighted by Gasteiger charge is -2.35. The van der Waals surface area contributed by atoms with Crippen LogP contribution in [0.1, 0.15) is 25.3 Å². The number of hydrogen-bond acceptors (Lipinski definition) is 4. The minimum absolute atomic E-state index is 0.0542. The van der Waals surface area contributed by atoms with Gasteiger partial charge in [0.15, 0.2) is 0 Å². The second kappa shape index (κ2) is 6.34. The molecule has 1 heterocycles. The van der Waals surface area contributed by atoms with E-state index in [4.69, 9.17) is 5.73 Å². The molecule has 0 atom stereocenters. The minimum atomic E-state index is -3.52. The molecule has 5 nitrogen and oxygen atoms in total. The molecule has 0 radical (unpaired) electrons. The van der Waals surface area contributed by atoms with Gasteiger partial charge in [-0.25, -0.2) is 8.42 Å². The van der Waals surface area contributed by atoms with E-state index >= 15 is 0 Å². The second-order valence-electron chi connectivity index (χ2n) is 5.73. The van der Waals surface area contributed by atoms with Gasteiger partial charge in [-0.15, -0.1) is 0 Å². The first kappa shape index (κ1) is 16.3. The average molecular weight is 311 g/mol. The molecule has 0 saturated carbocycles. The Balaban J connectivity index is 2.19. The number of piperidine rings is 1. The van der Waals surface area contributed by atoms with E-state index in [1.165, 1.54) is 4.31 Å². The van der Waals surface area contributed by atoms with Gasteiger partial charge in [0.25, 0.3) is 0 Å². The summed E-state index contributed by atoms with van der Waals surface area (Å²) in [5.41, 5.74) is 7.19. The number of aryl methyl sites for hydroxylation is 1. The van der Waals surface area contributed by atoms with Crippen LogP contribution in [-0.2, 0) is 10.0 Å². The van der Waals surface area contributed by atoms with Crippen LogP contribution < -0.4 is 5.73 Å². The Morgan fingerprint density at radius 2 is 1.95 bits per heavy atom. The van der Waals surface area contributed by atoms with Crippen molar-refractivity contribution in [1.29, 1.82) is 0 Å². The Morgan fingerprint density at radius 3 is 2.48 bits per heavy atom. The van der Waals surface area contributed by atoms with Crippen LogP contribution in [0.4, 0.5) is 5.69 Å². The monoisotopic (exact) mass is 311 g/mol. The number of likely N-dealkylation sites (tertiary alicyclic amines) is 1. The first-order valence-corrected chi connectivity index (χ1v) is 8.86. The van der Waals surface area contributed by atoms with E-state index in [0.717, 1.165) is 38.0 Å². The number of sulfonamides is 1. The molecule has 0 aliphatic carbocycles. The van der Waals surface area contributed by atoms with Crippen molar-refractivity contribution < 1.29 is 8.42 Å². The summed E-state index contributed by atoms with van der Waals surface area (Å²) in [7, 11) is -1.85. The molecule has 118 valence electrons. The van der Waals surface area contributed by atoms with E-state index < -0.39 is 10.0 Å². The third-order valence-corrected chi connectivity index (χ3v) is 6.32. The molecule has 21 heavy (non-hydrogen) atoms. The average Bonchev–Trinajstić information content (AvgIpc) is 2.46. The van der Waals surface area contributed by atoms with Crippen molar-refractivity contribution in [2.45, 2.75) is 37.6 Å². The standard InChI is InChI=1S/C15H25N3O2S/c1-4-18-9-7-13(8-10-18)17(3)21(19,20)15-6-5-12(2)11-14(15)16/h5-6,11,13H,4,7-10,16H2,1-3H3. The lowest BCUT2D eigenvalue weighted by Crippen LogP contribution is -2.45. The molecular weight excluding hydrogens is 286 g/mol. The van der Waals surface area contributed by atoms with Crippen LogP contribution in [0.25, 0.3) is 0 Å². The summed E-state index contributed by atoms with van der Waals surface area (Å²) in [5.74, 6) is 0. The molecular formula is C15H25N3O2S. The summed E-state index contributed by atoms with van der Waals surface area (Å²) in [6.07, 6.45) is 1.74. The van der Waals surface area contributed by atoms with Gasteiger partial charge in [-0.05, 0) is 57.1 Å². The highest BCUT2D eigenvalue weighted by Crippen LogP contribution is 2.26. The molecule has 2 rings (SSSR count). The van der Waals surface area contributed by atoms with Crippen molar-refractivity contribution in [3.05, 3.63) is 23.8 Å². The van der Waals surface area contributed by atoms with Crippen molar-refractivity contribution in [2.75, 3.05) is 32.4 Å². The van der Waals surface area contributed by atoms with Crippen molar-refractivity contribution in [3.8, 4) is 0 Å². The SMILES string of the molecule is CCN1CCC(N(C)S(=O)(=O)c2ccc(C)cc2N)CC1. The smallest absolute Gasteiger partial charge is 0.245 e. The van der Waals surface area contributed by atoms with Gasteiger partial charge in [0.2, 0.25) is 10.0 Å². The maximum atomic E-state index is 12.7. The molecule has 0 spiro atoms. The molecule has 1 fully saturated rings. The molecule has 0 aromatic heterocycles. The Kier molecular flexibility index (Phi) is 4.91. The zero-order valence-electron chi connectivity index (χ0n) is 13.0. The number of benzene rings is 1. The van der Waals surface area contributed by atoms with Crippen LogP contribution in [-0.4, -0.2) is 50.3 Å². The third-order valence-electron chi connectivity index (χ3n) is 4.34. The molecule has 6 heteroatoms. The zero-order chi connectivity index (χ0) is 15.6. The molecule has 1 aromatic carbocycles. The summed E-state index contributed by atoms with van der Waals surface area (Å²) in [6, 6.07) is 5.16. The fourth-order valence-corrected chi connectivity index (χ4v) is 4.36. The highest BCUT2D eigenvalue weighted by molar-refractivity contribution is 7.89. The predicted molar refractivity (Wildman–Crippen MR) is 85.7 cm³/mol. The van der Waals surface area contributed by atoms with Gasteiger partial charge in [-0.3, -0.25) is 0 Å². The first-order chi connectivity index (χ1) is 9.86. The molecule has 2 N–H and O–H groups in total. The fraction of sp³-hybridized carbons (Fsp3) is 0.600. The maximum Gasteiger partial charge on any atom is 0.245 e. The molecule has 1 aliphatic heterocycles. The van der Waals surface area contributed by atoms with Crippen LogP contribution in [0, 0.1) is 6.92 Å². The van der Waals surface area contributed by atoms with E-state index in [9.17, 15) is 8.42 Å². The van der Waals surface area contributed by atoms with Gasteiger partial charge < -0.3 is 10.6 Å². The van der Waals surface area contributed by atoms with Crippen LogP contribution in [0.2, 0.25) is 0 Å². The van der Waals surface area contributed by atoms with E-state index in [2.05, 4.69) is 11.8 Å². The lowest BCUT2D eigenvalue weighted by atomic mass is 10.1. The normalized spacial score (nSPS) is 18.3. The van der Waals surface area contributed by atoms with Crippen LogP contribution in [0.15, 0.2) is 23.1 Å². The Hall–Kier alpha value is -1.11. The summed E-state index contributed by atoms with van der Waals surface area (Å²) < 4.78 is 27.0. The molecule has 0 bridgehead atoms. The first-order valence-electron chi connectivity index (χ1n) is 7.42. The Bertz CT molecular complexity index is 593. The Morgan fingerprint density at radius 1 is 1.33 bits per heavy atom. The highest BCUT2D eigenvalue weighted by Gasteiger charge is 2.31. The molecule has 1 aliphatic rings. The van der Waals surface area contributed by atoms with Gasteiger partial charge in [0, 0.05) is 13.1 Å². The van der Waals surface area contributed by atoms with Crippen molar-refractivity contribution in [3.63, 3.8) is 0 Å². The fourth-order valence-electron chi connectivity index (χ4n) is 2.85. The van der Waals surface area contributed by atoms with Crippen LogP contribution in [0.3, 0.4) is 0 Å². The number of rotatable bonds is 4. The summed E-state index contributed by atoms with van der Waals surface area (Å²) >= 11 is 0. The van der Waals surface area contributed by atoms with Gasteiger partial charge in [0.1, 0.15) is 4.90 Å². The minimum Gasteiger partial charge on any atom is -0.398 e. The second-order valence-corrected chi connectivity index (χ2v) is 7.69. The van der Waals surface area contributed by atoms with Crippen LogP contribution >= 0.6 is 0 Å². The highest BCUT2D eigenvalue weighted by atomic mass is 32.2. The van der Waals surface area contributed by atoms with E-state index in [-0.39, 0.29) is 10.9 Å². The van der Waals surface area contributed by atoms with Crippen LogP contribution in [0.5, 0.6) is 0 Å². The Labute approximate surface area is 127 Å². The summed E-state index contributed by atoms with van der Waals surface area (Å²) in [6.45, 7) is 6.95. The summed E-state index contributed by atoms with van der Waals surface area (Å²) in [5, 5.41) is 0. The predicted octanol–water partition coefficient (Wildman–Crippen LogP) is 1.68. The van der Waals surface area contributed by atoms with Crippen molar-refractivity contribution in [2.24, 2.45) is 0 Å². The van der Waals surface area contributed by atoms with E-state index in [0.29, 0.717) is 5.69 Å². The number of nitrogens with two attached hydrogens (primary N) is 1. The molecule has 0 unspecified atom stereocenters. The molecule has 1 aromatic rings. The van der Waals surface area contributed by atoms with Gasteiger partial charge in [-0.2, -0.15) is 4.31 Å². The summed E-state index contributed by atoms with van der Waals surface area (Å²) in [4.78, 5) is 2.56. The van der Waals surface area contributed by atoms with Crippen molar-refractivity contribution in [1.82, 2.24) is 9.21 Å². The van der Waals surface area contributed by atoms with Gasteiger partial charge in [-0.1, -0.05) is 13.0 Å². The number of nitrogen functional groups attached to an aromatic ring is 1. The topological polar surface area (TPSA) is 66.6 Å². The van der Waals surface area contributed by atoms with Crippen molar-refractivity contribution >= 4 is 15.7 Å². The number of hydrogen-bond donors (Lipinski definition) is 1. The van der Waals surface area contributed by atoms with E-state index in [1.807, 2.05) is 6.92 Å². The van der Waals surface area contributed by atoms with Gasteiger partial charge >= 0.3 is 0 Å². The lowest BCUT2D eigenvalue weighted by molar-refractivity contribution is 0.176.